The molecule has 0 fully saturated rings. The Morgan fingerprint density at radius 2 is 2.19 bits per heavy atom. The Balaban J connectivity index is 2.61. The molecular formula is C8H11N3O4S. The number of rotatable bonds is 5. The van der Waals surface area contributed by atoms with Crippen LogP contribution in [-0.4, -0.2) is 36.8 Å². The molecule has 7 nitrogen and oxygen atoms in total. The zero-order valence-electron chi connectivity index (χ0n) is 8.25. The smallest absolute Gasteiger partial charge is 0.354 e. The minimum Gasteiger partial charge on any atom is -0.477 e. The summed E-state index contributed by atoms with van der Waals surface area (Å²) in [7, 11) is -3.53. The SMILES string of the molecule is NS(=O)(=O)CCNc1cccc(C(=O)O)n1. The van der Waals surface area contributed by atoms with E-state index in [0.717, 1.165) is 0 Å². The van der Waals surface area contributed by atoms with Gasteiger partial charge < -0.3 is 10.4 Å². The van der Waals surface area contributed by atoms with Gasteiger partial charge in [0.25, 0.3) is 0 Å². The van der Waals surface area contributed by atoms with Crippen LogP contribution >= 0.6 is 0 Å². The van der Waals surface area contributed by atoms with Crippen LogP contribution in [0.5, 0.6) is 0 Å². The van der Waals surface area contributed by atoms with Gasteiger partial charge in [0.2, 0.25) is 10.0 Å². The first-order valence-corrected chi connectivity index (χ1v) is 6.05. The molecule has 0 bridgehead atoms. The molecule has 0 radical (unpaired) electrons. The van der Waals surface area contributed by atoms with Crippen LogP contribution in [0.15, 0.2) is 18.2 Å². The molecular weight excluding hydrogens is 234 g/mol. The topological polar surface area (TPSA) is 122 Å². The molecule has 1 aromatic rings. The Kier molecular flexibility index (Phi) is 3.80. The Bertz CT molecular complexity index is 486. The summed E-state index contributed by atoms with van der Waals surface area (Å²) in [4.78, 5) is 14.3. The monoisotopic (exact) mass is 245 g/mol. The van der Waals surface area contributed by atoms with Crippen molar-refractivity contribution in [3.63, 3.8) is 0 Å². The summed E-state index contributed by atoms with van der Waals surface area (Å²) in [6.45, 7) is 0.0783. The fourth-order valence-electron chi connectivity index (χ4n) is 0.974. The van der Waals surface area contributed by atoms with Gasteiger partial charge in [-0.1, -0.05) is 6.07 Å². The van der Waals surface area contributed by atoms with Crippen LogP contribution in [0.1, 0.15) is 10.5 Å². The maximum atomic E-state index is 10.6. The van der Waals surface area contributed by atoms with Crippen LogP contribution in [-0.2, 0) is 10.0 Å². The fourth-order valence-corrected chi connectivity index (χ4v) is 1.36. The maximum Gasteiger partial charge on any atom is 0.354 e. The van der Waals surface area contributed by atoms with Gasteiger partial charge in [0, 0.05) is 6.54 Å². The Labute approximate surface area is 92.4 Å². The average molecular weight is 245 g/mol. The Morgan fingerprint density at radius 1 is 1.50 bits per heavy atom. The highest BCUT2D eigenvalue weighted by atomic mass is 32.2. The first kappa shape index (κ1) is 12.4. The molecule has 0 aliphatic heterocycles. The van der Waals surface area contributed by atoms with E-state index in [4.69, 9.17) is 10.2 Å². The number of anilines is 1. The van der Waals surface area contributed by atoms with Crippen LogP contribution in [0.2, 0.25) is 0 Å². The van der Waals surface area contributed by atoms with Gasteiger partial charge >= 0.3 is 5.97 Å². The minimum absolute atomic E-state index is 0.0783. The van der Waals surface area contributed by atoms with Crippen molar-refractivity contribution in [2.45, 2.75) is 0 Å². The number of hydrogen-bond donors (Lipinski definition) is 3. The largest absolute Gasteiger partial charge is 0.477 e. The van der Waals surface area contributed by atoms with Gasteiger partial charge in [-0.25, -0.2) is 23.3 Å². The lowest BCUT2D eigenvalue weighted by Gasteiger charge is -2.04. The lowest BCUT2D eigenvalue weighted by Crippen LogP contribution is -2.22. The second-order valence-electron chi connectivity index (χ2n) is 3.01. The highest BCUT2D eigenvalue weighted by Crippen LogP contribution is 2.04. The minimum atomic E-state index is -3.53. The summed E-state index contributed by atoms with van der Waals surface area (Å²) < 4.78 is 21.2. The zero-order valence-corrected chi connectivity index (χ0v) is 9.07. The van der Waals surface area contributed by atoms with Crippen LogP contribution in [0.25, 0.3) is 0 Å². The highest BCUT2D eigenvalue weighted by molar-refractivity contribution is 7.89. The van der Waals surface area contributed by atoms with Gasteiger partial charge in [-0.2, -0.15) is 0 Å². The number of hydrogen-bond acceptors (Lipinski definition) is 5. The number of nitrogens with two attached hydrogens (primary N) is 1. The summed E-state index contributed by atoms with van der Waals surface area (Å²) in [5, 5.41) is 16.1. The Morgan fingerprint density at radius 3 is 2.75 bits per heavy atom. The predicted molar refractivity (Wildman–Crippen MR) is 57.7 cm³/mol. The van der Waals surface area contributed by atoms with Crippen LogP contribution in [0.3, 0.4) is 0 Å². The van der Waals surface area contributed by atoms with Crippen molar-refractivity contribution < 1.29 is 18.3 Å². The molecule has 1 aromatic heterocycles. The summed E-state index contributed by atoms with van der Waals surface area (Å²) in [5.41, 5.74) is -0.111. The van der Waals surface area contributed by atoms with E-state index in [-0.39, 0.29) is 18.0 Å². The summed E-state index contributed by atoms with van der Waals surface area (Å²) in [5.74, 6) is -1.09. The van der Waals surface area contributed by atoms with Crippen molar-refractivity contribution >= 4 is 21.8 Å². The molecule has 16 heavy (non-hydrogen) atoms. The number of aromatic carboxylic acids is 1. The Hall–Kier alpha value is -1.67. The van der Waals surface area contributed by atoms with Gasteiger partial charge in [-0.05, 0) is 12.1 Å². The fraction of sp³-hybridized carbons (Fsp3) is 0.250. The molecule has 1 heterocycles. The predicted octanol–water partition coefficient (Wildman–Crippen LogP) is -0.520. The second-order valence-corrected chi connectivity index (χ2v) is 4.74. The van der Waals surface area contributed by atoms with Gasteiger partial charge in [0.15, 0.2) is 5.69 Å². The number of carboxylic acid groups (broad SMARTS) is 1. The van der Waals surface area contributed by atoms with E-state index >= 15 is 0 Å². The first-order valence-electron chi connectivity index (χ1n) is 4.33. The molecule has 0 saturated heterocycles. The second kappa shape index (κ2) is 4.90. The maximum absolute atomic E-state index is 10.6. The average Bonchev–Trinajstić information content (AvgIpc) is 2.16. The number of pyridine rings is 1. The van der Waals surface area contributed by atoms with Crippen molar-refractivity contribution in [2.24, 2.45) is 5.14 Å². The molecule has 8 heteroatoms. The van der Waals surface area contributed by atoms with Crippen LogP contribution in [0, 0.1) is 0 Å². The van der Waals surface area contributed by atoms with E-state index in [1.807, 2.05) is 0 Å². The molecule has 0 atom stereocenters. The van der Waals surface area contributed by atoms with E-state index in [9.17, 15) is 13.2 Å². The lowest BCUT2D eigenvalue weighted by molar-refractivity contribution is 0.0690. The van der Waals surface area contributed by atoms with E-state index in [1.165, 1.54) is 18.2 Å². The molecule has 0 spiro atoms. The third kappa shape index (κ3) is 4.24. The lowest BCUT2D eigenvalue weighted by atomic mass is 10.3. The number of nitrogens with one attached hydrogen (secondary N) is 1. The molecule has 0 aromatic carbocycles. The third-order valence-corrected chi connectivity index (χ3v) is 2.43. The molecule has 88 valence electrons. The first-order chi connectivity index (χ1) is 7.38. The molecule has 1 rings (SSSR count). The zero-order chi connectivity index (χ0) is 12.2. The van der Waals surface area contributed by atoms with Gasteiger partial charge in [-0.15, -0.1) is 0 Å². The molecule has 0 amide bonds. The number of primary sulfonamides is 1. The number of carbonyl (C=O) groups is 1. The van der Waals surface area contributed by atoms with Gasteiger partial charge in [-0.3, -0.25) is 0 Å². The van der Waals surface area contributed by atoms with E-state index < -0.39 is 16.0 Å². The van der Waals surface area contributed by atoms with E-state index in [2.05, 4.69) is 10.3 Å². The summed E-state index contributed by atoms with van der Waals surface area (Å²) in [6, 6.07) is 4.39. The van der Waals surface area contributed by atoms with Crippen molar-refractivity contribution in [2.75, 3.05) is 17.6 Å². The molecule has 0 unspecified atom stereocenters. The van der Waals surface area contributed by atoms with Crippen molar-refractivity contribution in [3.05, 3.63) is 23.9 Å². The van der Waals surface area contributed by atoms with Gasteiger partial charge in [0.1, 0.15) is 5.82 Å². The number of carboxylic acids is 1. The van der Waals surface area contributed by atoms with Gasteiger partial charge in [0.05, 0.1) is 5.75 Å². The molecule has 0 saturated carbocycles. The summed E-state index contributed by atoms with van der Waals surface area (Å²) in [6.07, 6.45) is 0. The quantitative estimate of drug-likeness (QED) is 0.641. The van der Waals surface area contributed by atoms with Crippen LogP contribution in [0.4, 0.5) is 5.82 Å². The van der Waals surface area contributed by atoms with E-state index in [0.29, 0.717) is 5.82 Å². The number of nitrogens with zero attached hydrogens (tertiary/aromatic N) is 1. The standard InChI is InChI=1S/C8H11N3O4S/c9-16(14,15)5-4-10-7-3-1-2-6(11-7)8(12)13/h1-3H,4-5H2,(H,10,11)(H,12,13)(H2,9,14,15). The normalized spacial score (nSPS) is 11.1. The van der Waals surface area contributed by atoms with Crippen molar-refractivity contribution in [1.82, 2.24) is 4.98 Å². The highest BCUT2D eigenvalue weighted by Gasteiger charge is 2.06. The molecule has 0 aliphatic carbocycles. The number of sulfonamides is 1. The number of aromatic nitrogens is 1. The van der Waals surface area contributed by atoms with E-state index in [1.54, 1.807) is 0 Å². The third-order valence-electron chi connectivity index (χ3n) is 1.66. The summed E-state index contributed by atoms with van der Waals surface area (Å²) >= 11 is 0. The molecule has 4 N–H and O–H groups in total. The molecule has 0 aliphatic rings. The van der Waals surface area contributed by atoms with Crippen molar-refractivity contribution in [3.8, 4) is 0 Å². The van der Waals surface area contributed by atoms with Crippen LogP contribution < -0.4 is 10.5 Å². The van der Waals surface area contributed by atoms with Crippen molar-refractivity contribution in [1.29, 1.82) is 0 Å².